The van der Waals surface area contributed by atoms with Crippen LogP contribution in [-0.2, 0) is 5.41 Å². The van der Waals surface area contributed by atoms with Crippen molar-refractivity contribution in [2.75, 3.05) is 10.7 Å². The molecule has 0 fully saturated rings. The molecular weight excluding hydrogens is 364 g/mol. The second kappa shape index (κ2) is 7.26. The number of halogens is 2. The normalized spacial score (nSPS) is 12.7. The van der Waals surface area contributed by atoms with E-state index >= 15 is 0 Å². The van der Waals surface area contributed by atoms with Gasteiger partial charge in [0.05, 0.1) is 0 Å². The summed E-state index contributed by atoms with van der Waals surface area (Å²) in [5.74, 6) is 0. The molecule has 0 saturated carbocycles. The lowest BCUT2D eigenvalue weighted by Crippen LogP contribution is -2.30. The zero-order valence-corrected chi connectivity index (χ0v) is 15.8. The Labute approximate surface area is 135 Å². The van der Waals surface area contributed by atoms with Gasteiger partial charge in [-0.05, 0) is 30.7 Å². The molecule has 0 heterocycles. The molecule has 0 N–H and O–H groups in total. The van der Waals surface area contributed by atoms with Gasteiger partial charge in [0.1, 0.15) is 0 Å². The largest absolute Gasteiger partial charge is 0.0918 e. The molecule has 0 nitrogen and oxygen atoms in total. The fourth-order valence-corrected chi connectivity index (χ4v) is 4.47. The highest BCUT2D eigenvalue weighted by Gasteiger charge is 2.30. The monoisotopic (exact) mass is 388 g/mol. The van der Waals surface area contributed by atoms with Crippen LogP contribution in [0.3, 0.4) is 0 Å². The lowest BCUT2D eigenvalue weighted by atomic mass is 9.77. The number of hydrogen-bond donors (Lipinski definition) is 0. The summed E-state index contributed by atoms with van der Waals surface area (Å²) in [5.41, 5.74) is 3.42. The molecule has 0 saturated heterocycles. The standard InChI is InChI=1S/C17H26Br2/c1-14-6-8-15(9-7-14)17(12-18,13-19)11-5-10-16(2,3)4/h6-9H,5,10-13H2,1-4H3. The average Bonchev–Trinajstić information content (AvgIpc) is 2.35. The second-order valence-corrected chi connectivity index (χ2v) is 7.95. The van der Waals surface area contributed by atoms with E-state index in [0.717, 1.165) is 10.7 Å². The first-order valence-electron chi connectivity index (χ1n) is 7.02. The van der Waals surface area contributed by atoms with Crippen LogP contribution in [0.2, 0.25) is 0 Å². The van der Waals surface area contributed by atoms with Gasteiger partial charge in [-0.1, -0.05) is 88.9 Å². The Morgan fingerprint density at radius 1 is 0.895 bits per heavy atom. The highest BCUT2D eigenvalue weighted by Crippen LogP contribution is 2.36. The van der Waals surface area contributed by atoms with Crippen molar-refractivity contribution < 1.29 is 0 Å². The minimum atomic E-state index is 0.221. The molecule has 0 aliphatic carbocycles. The number of alkyl halides is 2. The van der Waals surface area contributed by atoms with Gasteiger partial charge in [0, 0.05) is 16.1 Å². The number of hydrogen-bond acceptors (Lipinski definition) is 0. The van der Waals surface area contributed by atoms with E-state index in [-0.39, 0.29) is 5.41 Å². The maximum Gasteiger partial charge on any atom is 0.0147 e. The summed E-state index contributed by atoms with van der Waals surface area (Å²) in [5, 5.41) is 2.02. The summed E-state index contributed by atoms with van der Waals surface area (Å²) in [6, 6.07) is 9.02. The maximum atomic E-state index is 3.74. The third-order valence-corrected chi connectivity index (χ3v) is 5.90. The summed E-state index contributed by atoms with van der Waals surface area (Å²) in [7, 11) is 0. The highest BCUT2D eigenvalue weighted by molar-refractivity contribution is 9.09. The Balaban J connectivity index is 2.82. The predicted octanol–water partition coefficient (Wildman–Crippen LogP) is 6.24. The van der Waals surface area contributed by atoms with E-state index in [1.807, 2.05) is 0 Å². The second-order valence-electron chi connectivity index (χ2n) is 6.83. The minimum Gasteiger partial charge on any atom is -0.0918 e. The molecule has 1 rings (SSSR count). The Morgan fingerprint density at radius 3 is 1.84 bits per heavy atom. The smallest absolute Gasteiger partial charge is 0.0147 e. The first-order valence-corrected chi connectivity index (χ1v) is 9.26. The third-order valence-electron chi connectivity index (χ3n) is 3.76. The molecule has 0 radical (unpaired) electrons. The first-order chi connectivity index (χ1) is 8.83. The average molecular weight is 390 g/mol. The quantitative estimate of drug-likeness (QED) is 0.505. The van der Waals surface area contributed by atoms with E-state index < -0.39 is 0 Å². The van der Waals surface area contributed by atoms with Gasteiger partial charge < -0.3 is 0 Å². The molecule has 0 unspecified atom stereocenters. The molecule has 0 aromatic heterocycles. The zero-order valence-electron chi connectivity index (χ0n) is 12.6. The number of benzene rings is 1. The van der Waals surface area contributed by atoms with Gasteiger partial charge >= 0.3 is 0 Å². The summed E-state index contributed by atoms with van der Waals surface area (Å²) in [4.78, 5) is 0. The Hall–Kier alpha value is 0.180. The Kier molecular flexibility index (Phi) is 6.59. The van der Waals surface area contributed by atoms with Gasteiger partial charge in [-0.3, -0.25) is 0 Å². The molecule has 1 aromatic carbocycles. The zero-order chi connectivity index (χ0) is 14.5. The van der Waals surface area contributed by atoms with Crippen LogP contribution in [0.1, 0.15) is 51.2 Å². The van der Waals surface area contributed by atoms with Crippen LogP contribution in [0.5, 0.6) is 0 Å². The molecule has 1 aromatic rings. The minimum absolute atomic E-state index is 0.221. The van der Waals surface area contributed by atoms with E-state index in [9.17, 15) is 0 Å². The van der Waals surface area contributed by atoms with Gasteiger partial charge in [-0.2, -0.15) is 0 Å². The molecule has 0 amide bonds. The van der Waals surface area contributed by atoms with Gasteiger partial charge in [-0.25, -0.2) is 0 Å². The molecular formula is C17H26Br2. The molecule has 108 valence electrons. The van der Waals surface area contributed by atoms with Crippen molar-refractivity contribution >= 4 is 31.9 Å². The van der Waals surface area contributed by atoms with Crippen molar-refractivity contribution in [1.82, 2.24) is 0 Å². The van der Waals surface area contributed by atoms with Crippen LogP contribution >= 0.6 is 31.9 Å². The van der Waals surface area contributed by atoms with E-state index in [1.165, 1.54) is 30.4 Å². The molecule has 0 atom stereocenters. The van der Waals surface area contributed by atoms with E-state index in [0.29, 0.717) is 5.41 Å². The van der Waals surface area contributed by atoms with Crippen LogP contribution in [0.4, 0.5) is 0 Å². The highest BCUT2D eigenvalue weighted by atomic mass is 79.9. The van der Waals surface area contributed by atoms with Crippen LogP contribution < -0.4 is 0 Å². The van der Waals surface area contributed by atoms with Crippen LogP contribution in [0.25, 0.3) is 0 Å². The number of aryl methyl sites for hydroxylation is 1. The van der Waals surface area contributed by atoms with Crippen LogP contribution in [0, 0.1) is 12.3 Å². The predicted molar refractivity (Wildman–Crippen MR) is 93.8 cm³/mol. The van der Waals surface area contributed by atoms with Gasteiger partial charge in [0.25, 0.3) is 0 Å². The molecule has 19 heavy (non-hydrogen) atoms. The summed E-state index contributed by atoms with van der Waals surface area (Å²) in [6.07, 6.45) is 3.78. The van der Waals surface area contributed by atoms with Crippen molar-refractivity contribution in [2.24, 2.45) is 5.41 Å². The van der Waals surface area contributed by atoms with Crippen LogP contribution in [-0.4, -0.2) is 10.7 Å². The van der Waals surface area contributed by atoms with E-state index in [1.54, 1.807) is 0 Å². The fraction of sp³-hybridized carbons (Fsp3) is 0.647. The fourth-order valence-electron chi connectivity index (χ4n) is 2.33. The Morgan fingerprint density at radius 2 is 1.42 bits per heavy atom. The SMILES string of the molecule is Cc1ccc(C(CBr)(CBr)CCCC(C)(C)C)cc1. The van der Waals surface area contributed by atoms with Crippen LogP contribution in [0.15, 0.2) is 24.3 Å². The van der Waals surface area contributed by atoms with Crippen molar-refractivity contribution in [3.63, 3.8) is 0 Å². The van der Waals surface area contributed by atoms with Gasteiger partial charge in [-0.15, -0.1) is 0 Å². The Bertz CT molecular complexity index is 369. The van der Waals surface area contributed by atoms with Crippen molar-refractivity contribution in [3.05, 3.63) is 35.4 Å². The van der Waals surface area contributed by atoms with Crippen molar-refractivity contribution in [2.45, 2.75) is 52.4 Å². The third kappa shape index (κ3) is 5.23. The van der Waals surface area contributed by atoms with Crippen molar-refractivity contribution in [1.29, 1.82) is 0 Å². The molecule has 0 aliphatic heterocycles. The number of rotatable bonds is 6. The van der Waals surface area contributed by atoms with E-state index in [2.05, 4.69) is 83.8 Å². The maximum absolute atomic E-state index is 3.74. The summed E-state index contributed by atoms with van der Waals surface area (Å²) < 4.78 is 0. The first kappa shape index (κ1) is 17.2. The topological polar surface area (TPSA) is 0 Å². The van der Waals surface area contributed by atoms with Gasteiger partial charge in [0.15, 0.2) is 0 Å². The lowest BCUT2D eigenvalue weighted by molar-refractivity contribution is 0.337. The molecule has 2 heteroatoms. The summed E-state index contributed by atoms with van der Waals surface area (Å²) >= 11 is 7.48. The van der Waals surface area contributed by atoms with Gasteiger partial charge in [0.2, 0.25) is 0 Å². The van der Waals surface area contributed by atoms with E-state index in [4.69, 9.17) is 0 Å². The molecule has 0 aliphatic rings. The molecule has 0 spiro atoms. The van der Waals surface area contributed by atoms with Crippen molar-refractivity contribution in [3.8, 4) is 0 Å². The lowest BCUT2D eigenvalue weighted by Gasteiger charge is -2.32. The summed E-state index contributed by atoms with van der Waals surface area (Å²) in [6.45, 7) is 9.11. The molecule has 0 bridgehead atoms.